The first-order chi connectivity index (χ1) is 14.2. The Kier molecular flexibility index (Phi) is 5.99. The van der Waals surface area contributed by atoms with E-state index in [4.69, 9.17) is 4.74 Å². The molecule has 0 unspecified atom stereocenters. The number of aromatic nitrogens is 4. The summed E-state index contributed by atoms with van der Waals surface area (Å²) in [5.41, 5.74) is 1.18. The highest BCUT2D eigenvalue weighted by Gasteiger charge is 2.16. The average molecular weight is 415 g/mol. The molecule has 0 saturated heterocycles. The van der Waals surface area contributed by atoms with Crippen LogP contribution in [0.25, 0.3) is 16.7 Å². The van der Waals surface area contributed by atoms with Crippen molar-refractivity contribution < 1.29 is 14.5 Å². The normalized spacial score (nSPS) is 11.6. The third kappa shape index (κ3) is 4.91. The molecule has 3 rings (SSSR count). The van der Waals surface area contributed by atoms with E-state index in [1.54, 1.807) is 6.07 Å². The molecule has 2 aromatic heterocycles. The number of alkyl carbamates (subject to hydrolysis) is 1. The topological polar surface area (TPSA) is 137 Å². The largest absolute Gasteiger partial charge is 0.444 e. The van der Waals surface area contributed by atoms with Gasteiger partial charge in [-0.05, 0) is 46.6 Å². The number of unbranched alkanes of at least 4 members (excludes halogenated alkanes) is 1. The van der Waals surface area contributed by atoms with Gasteiger partial charge < -0.3 is 15.4 Å². The van der Waals surface area contributed by atoms with Gasteiger partial charge in [0.1, 0.15) is 11.4 Å². The predicted octanol–water partition coefficient (Wildman–Crippen LogP) is 3.21. The Morgan fingerprint density at radius 3 is 2.67 bits per heavy atom. The Balaban J connectivity index is 1.65. The van der Waals surface area contributed by atoms with Crippen LogP contribution in [-0.2, 0) is 4.74 Å². The van der Waals surface area contributed by atoms with Crippen LogP contribution in [0.5, 0.6) is 0 Å². The zero-order chi connectivity index (χ0) is 21.9. The van der Waals surface area contributed by atoms with Gasteiger partial charge in [0.15, 0.2) is 5.82 Å². The van der Waals surface area contributed by atoms with Gasteiger partial charge in [0.2, 0.25) is 5.65 Å². The Hall–Kier alpha value is -3.50. The number of rotatable bonds is 7. The van der Waals surface area contributed by atoms with E-state index in [1.807, 2.05) is 32.1 Å². The number of fused-ring (bicyclic) bond motifs is 3. The molecule has 2 N–H and O–H groups in total. The van der Waals surface area contributed by atoms with Gasteiger partial charge in [0, 0.05) is 25.2 Å². The number of non-ortho nitro benzene ring substituents is 1. The summed E-state index contributed by atoms with van der Waals surface area (Å²) in [6.45, 7) is 8.34. The molecule has 0 aliphatic carbocycles. The molecule has 3 aromatic rings. The van der Waals surface area contributed by atoms with Crippen molar-refractivity contribution in [2.24, 2.45) is 0 Å². The molecule has 1 amide bonds. The first kappa shape index (κ1) is 21.2. The summed E-state index contributed by atoms with van der Waals surface area (Å²) in [5, 5.41) is 25.3. The number of nitro groups is 1. The van der Waals surface area contributed by atoms with Gasteiger partial charge in [-0.2, -0.15) is 0 Å². The number of carbonyl (C=O) groups is 1. The molecule has 0 fully saturated rings. The van der Waals surface area contributed by atoms with E-state index in [2.05, 4.69) is 25.8 Å². The number of hydrogen-bond donors (Lipinski definition) is 2. The van der Waals surface area contributed by atoms with Gasteiger partial charge in [-0.25, -0.2) is 9.78 Å². The zero-order valence-electron chi connectivity index (χ0n) is 17.4. The van der Waals surface area contributed by atoms with E-state index in [0.29, 0.717) is 41.4 Å². The van der Waals surface area contributed by atoms with Crippen molar-refractivity contribution in [3.63, 3.8) is 0 Å². The smallest absolute Gasteiger partial charge is 0.407 e. The summed E-state index contributed by atoms with van der Waals surface area (Å²) in [6.07, 6.45) is 1.07. The maximum atomic E-state index is 11.6. The highest BCUT2D eigenvalue weighted by Crippen LogP contribution is 2.25. The zero-order valence-corrected chi connectivity index (χ0v) is 17.4. The molecule has 11 heteroatoms. The minimum atomic E-state index is -0.524. The van der Waals surface area contributed by atoms with Crippen LogP contribution < -0.4 is 10.6 Å². The lowest BCUT2D eigenvalue weighted by Crippen LogP contribution is -2.33. The molecule has 0 aliphatic heterocycles. The van der Waals surface area contributed by atoms with Crippen LogP contribution >= 0.6 is 0 Å². The van der Waals surface area contributed by atoms with Gasteiger partial charge in [-0.3, -0.25) is 14.5 Å². The number of nitrogens with zero attached hydrogens (tertiary/aromatic N) is 5. The van der Waals surface area contributed by atoms with Gasteiger partial charge >= 0.3 is 6.09 Å². The standard InChI is InChI=1S/C19H25N7O4/c1-12-23-24-17-16(20-9-5-6-10-21-18(27)30-19(2,3)4)22-14-11-13(26(28)29)7-8-15(14)25(12)17/h7-8,11H,5-6,9-10H2,1-4H3,(H,20,22)(H,21,27). The highest BCUT2D eigenvalue weighted by atomic mass is 16.6. The number of aryl methyl sites for hydroxylation is 1. The molecule has 1 aromatic carbocycles. The van der Waals surface area contributed by atoms with Crippen LogP contribution in [0.1, 0.15) is 39.4 Å². The molecule has 0 saturated carbocycles. The molecule has 0 atom stereocenters. The lowest BCUT2D eigenvalue weighted by molar-refractivity contribution is -0.384. The van der Waals surface area contributed by atoms with Gasteiger partial charge in [0.25, 0.3) is 5.69 Å². The maximum absolute atomic E-state index is 11.6. The van der Waals surface area contributed by atoms with Crippen LogP contribution in [0.2, 0.25) is 0 Å². The Morgan fingerprint density at radius 2 is 1.97 bits per heavy atom. The number of amides is 1. The van der Waals surface area contributed by atoms with Crippen molar-refractivity contribution in [2.45, 2.75) is 46.1 Å². The van der Waals surface area contributed by atoms with Crippen molar-refractivity contribution in [1.82, 2.24) is 24.9 Å². The van der Waals surface area contributed by atoms with Crippen LogP contribution in [-0.4, -0.2) is 49.3 Å². The maximum Gasteiger partial charge on any atom is 0.407 e. The molecule has 160 valence electrons. The number of nitrogens with one attached hydrogen (secondary N) is 2. The van der Waals surface area contributed by atoms with Crippen molar-refractivity contribution in [3.8, 4) is 0 Å². The molecule has 11 nitrogen and oxygen atoms in total. The number of ether oxygens (including phenoxy) is 1. The molecule has 0 radical (unpaired) electrons. The third-order valence-electron chi connectivity index (χ3n) is 4.24. The quantitative estimate of drug-likeness (QED) is 0.341. The van der Waals surface area contributed by atoms with Crippen LogP contribution in [0.4, 0.5) is 16.3 Å². The van der Waals surface area contributed by atoms with E-state index in [1.165, 1.54) is 12.1 Å². The van der Waals surface area contributed by atoms with Crippen molar-refractivity contribution in [1.29, 1.82) is 0 Å². The summed E-state index contributed by atoms with van der Waals surface area (Å²) in [4.78, 5) is 26.8. The minimum Gasteiger partial charge on any atom is -0.444 e. The summed E-state index contributed by atoms with van der Waals surface area (Å²) >= 11 is 0. The number of benzene rings is 1. The van der Waals surface area contributed by atoms with Gasteiger partial charge in [-0.1, -0.05) is 0 Å². The molecule has 30 heavy (non-hydrogen) atoms. The number of hydrogen-bond acceptors (Lipinski definition) is 8. The van der Waals surface area contributed by atoms with Crippen molar-refractivity contribution in [2.75, 3.05) is 18.4 Å². The van der Waals surface area contributed by atoms with Gasteiger partial charge in [0.05, 0.1) is 16.0 Å². The average Bonchev–Trinajstić information content (AvgIpc) is 3.04. The second kappa shape index (κ2) is 8.47. The summed E-state index contributed by atoms with van der Waals surface area (Å²) < 4.78 is 7.01. The summed E-state index contributed by atoms with van der Waals surface area (Å²) in [5.74, 6) is 1.17. The van der Waals surface area contributed by atoms with E-state index in [9.17, 15) is 14.9 Å². The molecule has 0 aliphatic rings. The lowest BCUT2D eigenvalue weighted by Gasteiger charge is -2.19. The molecule has 0 spiro atoms. The van der Waals surface area contributed by atoms with E-state index < -0.39 is 16.6 Å². The van der Waals surface area contributed by atoms with Crippen molar-refractivity contribution in [3.05, 3.63) is 34.1 Å². The molecular formula is C19H25N7O4. The second-order valence-corrected chi connectivity index (χ2v) is 7.86. The second-order valence-electron chi connectivity index (χ2n) is 7.86. The van der Waals surface area contributed by atoms with Crippen molar-refractivity contribution >= 4 is 34.3 Å². The van der Waals surface area contributed by atoms with E-state index in [0.717, 1.165) is 12.8 Å². The van der Waals surface area contributed by atoms with Crippen LogP contribution in [0, 0.1) is 17.0 Å². The molecular weight excluding hydrogens is 390 g/mol. The fourth-order valence-electron chi connectivity index (χ4n) is 2.96. The number of carbonyl (C=O) groups excluding carboxylic acids is 1. The SMILES string of the molecule is Cc1nnc2c(NCCCCNC(=O)OC(C)(C)C)nc3cc([N+](=O)[O-])ccc3n12. The summed E-state index contributed by atoms with van der Waals surface area (Å²) in [7, 11) is 0. The Bertz CT molecular complexity index is 1090. The molecule has 0 bridgehead atoms. The first-order valence-corrected chi connectivity index (χ1v) is 9.66. The molecule has 2 heterocycles. The number of nitro benzene ring substituents is 1. The minimum absolute atomic E-state index is 0.0285. The highest BCUT2D eigenvalue weighted by molar-refractivity contribution is 5.84. The summed E-state index contributed by atoms with van der Waals surface area (Å²) in [6, 6.07) is 4.52. The predicted molar refractivity (Wildman–Crippen MR) is 112 cm³/mol. The monoisotopic (exact) mass is 415 g/mol. The fraction of sp³-hybridized carbons (Fsp3) is 0.474. The fourth-order valence-corrected chi connectivity index (χ4v) is 2.96. The lowest BCUT2D eigenvalue weighted by atomic mass is 10.2. The Morgan fingerprint density at radius 1 is 1.23 bits per heavy atom. The number of anilines is 1. The van der Waals surface area contributed by atoms with E-state index >= 15 is 0 Å². The Labute approximate surface area is 173 Å². The van der Waals surface area contributed by atoms with Gasteiger partial charge in [-0.15, -0.1) is 10.2 Å². The first-order valence-electron chi connectivity index (χ1n) is 9.66. The third-order valence-corrected chi connectivity index (χ3v) is 4.24. The van der Waals surface area contributed by atoms with E-state index in [-0.39, 0.29) is 5.69 Å². The van der Waals surface area contributed by atoms with Crippen LogP contribution in [0.3, 0.4) is 0 Å². The van der Waals surface area contributed by atoms with Crippen LogP contribution in [0.15, 0.2) is 18.2 Å².